The summed E-state index contributed by atoms with van der Waals surface area (Å²) in [6.45, 7) is 2.12. The zero-order chi connectivity index (χ0) is 27.8. The maximum atomic E-state index is 13.4. The maximum Gasteiger partial charge on any atom is 0.416 e. The zero-order valence-electron chi connectivity index (χ0n) is 21.6. The number of alkyl halides is 3. The van der Waals surface area contributed by atoms with E-state index in [1.54, 1.807) is 12.1 Å². The standard InChI is InChI=1S/C32H31F3N2O2/c1-22-27(25-13-6-3-7-14-25)16-9-17-28(22)31(39)37-29(19-23-10-4-2-5-11-23)30(38)21-36-20-24-12-8-15-26(18-24)32(33,34)35/h2-18,29-30,36,38H,19-21H2,1H3,(H,37,39)/t29-,30+/m0/s1. The summed E-state index contributed by atoms with van der Waals surface area (Å²) in [7, 11) is 0. The lowest BCUT2D eigenvalue weighted by molar-refractivity contribution is -0.137. The van der Waals surface area contributed by atoms with Crippen LogP contribution in [0.2, 0.25) is 0 Å². The average Bonchev–Trinajstić information content (AvgIpc) is 2.93. The van der Waals surface area contributed by atoms with Gasteiger partial charge in [-0.2, -0.15) is 13.2 Å². The monoisotopic (exact) mass is 532 g/mol. The Morgan fingerprint density at radius 3 is 2.18 bits per heavy atom. The summed E-state index contributed by atoms with van der Waals surface area (Å²) in [5, 5.41) is 17.1. The molecule has 0 saturated carbocycles. The minimum absolute atomic E-state index is 0.0804. The van der Waals surface area contributed by atoms with Gasteiger partial charge in [0.25, 0.3) is 5.91 Å². The molecule has 0 aliphatic heterocycles. The number of carbonyl (C=O) groups is 1. The fourth-order valence-electron chi connectivity index (χ4n) is 4.57. The first kappa shape index (κ1) is 28.1. The topological polar surface area (TPSA) is 61.4 Å². The minimum atomic E-state index is -4.42. The van der Waals surface area contributed by atoms with Crippen molar-refractivity contribution in [3.05, 3.63) is 131 Å². The second-order valence-corrected chi connectivity index (χ2v) is 9.51. The quantitative estimate of drug-likeness (QED) is 0.229. The van der Waals surface area contributed by atoms with Gasteiger partial charge in [0.15, 0.2) is 0 Å². The van der Waals surface area contributed by atoms with Crippen LogP contribution < -0.4 is 10.6 Å². The van der Waals surface area contributed by atoms with Crippen molar-refractivity contribution in [3.63, 3.8) is 0 Å². The third kappa shape index (κ3) is 7.56. The summed E-state index contributed by atoms with van der Waals surface area (Å²) in [4.78, 5) is 13.4. The van der Waals surface area contributed by atoms with Crippen LogP contribution in [0.25, 0.3) is 11.1 Å². The Labute approximate surface area is 226 Å². The zero-order valence-corrected chi connectivity index (χ0v) is 21.6. The summed E-state index contributed by atoms with van der Waals surface area (Å²) >= 11 is 0. The van der Waals surface area contributed by atoms with Gasteiger partial charge in [-0.15, -0.1) is 0 Å². The molecule has 2 atom stereocenters. The third-order valence-electron chi connectivity index (χ3n) is 6.68. The first-order chi connectivity index (χ1) is 18.7. The molecule has 4 aromatic carbocycles. The fourth-order valence-corrected chi connectivity index (χ4v) is 4.57. The fraction of sp³-hybridized carbons (Fsp3) is 0.219. The average molecular weight is 533 g/mol. The number of carbonyl (C=O) groups excluding carboxylic acids is 1. The van der Waals surface area contributed by atoms with Crippen LogP contribution in [0.15, 0.2) is 103 Å². The Morgan fingerprint density at radius 1 is 0.846 bits per heavy atom. The van der Waals surface area contributed by atoms with Gasteiger partial charge in [0, 0.05) is 18.7 Å². The molecule has 0 aromatic heterocycles. The number of hydrogen-bond donors (Lipinski definition) is 3. The molecular formula is C32H31F3N2O2. The third-order valence-corrected chi connectivity index (χ3v) is 6.68. The normalized spacial score (nSPS) is 13.1. The highest BCUT2D eigenvalue weighted by atomic mass is 19.4. The van der Waals surface area contributed by atoms with Gasteiger partial charge in [0.1, 0.15) is 0 Å². The number of rotatable bonds is 10. The van der Waals surface area contributed by atoms with Crippen LogP contribution in [0.5, 0.6) is 0 Å². The Morgan fingerprint density at radius 2 is 1.49 bits per heavy atom. The molecule has 39 heavy (non-hydrogen) atoms. The van der Waals surface area contributed by atoms with Gasteiger partial charge in [-0.3, -0.25) is 4.79 Å². The molecule has 7 heteroatoms. The number of aliphatic hydroxyl groups is 1. The van der Waals surface area contributed by atoms with Gasteiger partial charge in [-0.05, 0) is 53.3 Å². The van der Waals surface area contributed by atoms with Crippen LogP contribution in [0, 0.1) is 6.92 Å². The number of aliphatic hydroxyl groups excluding tert-OH is 1. The molecule has 0 saturated heterocycles. The maximum absolute atomic E-state index is 13.4. The highest BCUT2D eigenvalue weighted by Crippen LogP contribution is 2.29. The molecule has 0 aliphatic rings. The summed E-state index contributed by atoms with van der Waals surface area (Å²) < 4.78 is 39.1. The van der Waals surface area contributed by atoms with Crippen molar-refractivity contribution >= 4 is 5.91 Å². The first-order valence-corrected chi connectivity index (χ1v) is 12.8. The largest absolute Gasteiger partial charge is 0.416 e. The van der Waals surface area contributed by atoms with E-state index in [2.05, 4.69) is 10.6 Å². The number of amides is 1. The molecule has 0 heterocycles. The summed E-state index contributed by atoms with van der Waals surface area (Å²) in [5.41, 5.74) is 3.97. The van der Waals surface area contributed by atoms with Gasteiger partial charge in [-0.1, -0.05) is 91.0 Å². The van der Waals surface area contributed by atoms with Gasteiger partial charge < -0.3 is 15.7 Å². The van der Waals surface area contributed by atoms with E-state index in [1.165, 1.54) is 6.07 Å². The van der Waals surface area contributed by atoms with Crippen molar-refractivity contribution in [1.29, 1.82) is 0 Å². The molecular weight excluding hydrogens is 501 g/mol. The molecule has 0 unspecified atom stereocenters. The molecule has 0 radical (unpaired) electrons. The molecule has 202 valence electrons. The SMILES string of the molecule is Cc1c(C(=O)N[C@@H](Cc2ccccc2)[C@H](O)CNCc2cccc(C(F)(F)F)c2)cccc1-c1ccccc1. The second kappa shape index (κ2) is 12.7. The van der Waals surface area contributed by atoms with Crippen molar-refractivity contribution in [2.45, 2.75) is 38.2 Å². The second-order valence-electron chi connectivity index (χ2n) is 9.51. The van der Waals surface area contributed by atoms with Crippen molar-refractivity contribution in [2.75, 3.05) is 6.54 Å². The van der Waals surface area contributed by atoms with Crippen LogP contribution in [0.3, 0.4) is 0 Å². The van der Waals surface area contributed by atoms with E-state index in [0.717, 1.165) is 34.4 Å². The molecule has 4 rings (SSSR count). The highest BCUT2D eigenvalue weighted by Gasteiger charge is 2.30. The Hall–Kier alpha value is -3.94. The predicted octanol–water partition coefficient (Wildman–Crippen LogP) is 6.17. The lowest BCUT2D eigenvalue weighted by atomic mass is 9.95. The van der Waals surface area contributed by atoms with E-state index >= 15 is 0 Å². The molecule has 1 amide bonds. The molecule has 0 aliphatic carbocycles. The highest BCUT2D eigenvalue weighted by molar-refractivity contribution is 5.97. The Bertz CT molecular complexity index is 1380. The smallest absolute Gasteiger partial charge is 0.390 e. The van der Waals surface area contributed by atoms with Gasteiger partial charge >= 0.3 is 6.18 Å². The van der Waals surface area contributed by atoms with Crippen molar-refractivity contribution in [1.82, 2.24) is 10.6 Å². The minimum Gasteiger partial charge on any atom is -0.390 e. The molecule has 0 bridgehead atoms. The van der Waals surface area contributed by atoms with E-state index < -0.39 is 23.9 Å². The lowest BCUT2D eigenvalue weighted by Gasteiger charge is -2.25. The van der Waals surface area contributed by atoms with E-state index in [0.29, 0.717) is 17.5 Å². The number of benzene rings is 4. The molecule has 0 fully saturated rings. The summed E-state index contributed by atoms with van der Waals surface area (Å²) in [5.74, 6) is -0.303. The van der Waals surface area contributed by atoms with Gasteiger partial charge in [0.05, 0.1) is 17.7 Å². The number of nitrogens with one attached hydrogen (secondary N) is 2. The first-order valence-electron chi connectivity index (χ1n) is 12.8. The van der Waals surface area contributed by atoms with Crippen LogP contribution in [0.1, 0.15) is 32.6 Å². The number of hydrogen-bond acceptors (Lipinski definition) is 3. The van der Waals surface area contributed by atoms with Crippen LogP contribution >= 0.6 is 0 Å². The van der Waals surface area contributed by atoms with Crippen LogP contribution in [-0.2, 0) is 19.1 Å². The Kier molecular flexibility index (Phi) is 9.17. The lowest BCUT2D eigenvalue weighted by Crippen LogP contribution is -2.48. The van der Waals surface area contributed by atoms with Gasteiger partial charge in [0.2, 0.25) is 0 Å². The molecule has 4 aromatic rings. The van der Waals surface area contributed by atoms with E-state index in [-0.39, 0.29) is 19.0 Å². The van der Waals surface area contributed by atoms with Crippen molar-refractivity contribution in [3.8, 4) is 11.1 Å². The van der Waals surface area contributed by atoms with E-state index in [9.17, 15) is 23.1 Å². The molecule has 4 nitrogen and oxygen atoms in total. The molecule has 3 N–H and O–H groups in total. The van der Waals surface area contributed by atoms with Crippen molar-refractivity contribution < 1.29 is 23.1 Å². The van der Waals surface area contributed by atoms with E-state index in [4.69, 9.17) is 0 Å². The van der Waals surface area contributed by atoms with Crippen LogP contribution in [0.4, 0.5) is 13.2 Å². The summed E-state index contributed by atoms with van der Waals surface area (Å²) in [6.07, 6.45) is -5.02. The van der Waals surface area contributed by atoms with E-state index in [1.807, 2.05) is 79.7 Å². The number of halogens is 3. The molecule has 0 spiro atoms. The summed E-state index contributed by atoms with van der Waals surface area (Å²) in [6, 6.07) is 29.3. The van der Waals surface area contributed by atoms with Crippen molar-refractivity contribution in [2.24, 2.45) is 0 Å². The van der Waals surface area contributed by atoms with Crippen LogP contribution in [-0.4, -0.2) is 29.7 Å². The Balaban J connectivity index is 1.48. The predicted molar refractivity (Wildman–Crippen MR) is 147 cm³/mol. The van der Waals surface area contributed by atoms with Gasteiger partial charge in [-0.25, -0.2) is 0 Å².